The van der Waals surface area contributed by atoms with Crippen LogP contribution in [0.3, 0.4) is 0 Å². The van der Waals surface area contributed by atoms with Crippen LogP contribution in [-0.4, -0.2) is 21.7 Å². The van der Waals surface area contributed by atoms with Crippen molar-refractivity contribution in [2.75, 3.05) is 5.43 Å². The summed E-state index contributed by atoms with van der Waals surface area (Å²) in [5.74, 6) is -1.23. The predicted octanol–water partition coefficient (Wildman–Crippen LogP) is 2.50. The van der Waals surface area contributed by atoms with E-state index in [0.29, 0.717) is 5.56 Å². The van der Waals surface area contributed by atoms with Crippen molar-refractivity contribution in [3.05, 3.63) is 70.3 Å². The van der Waals surface area contributed by atoms with Gasteiger partial charge in [-0.2, -0.15) is 5.10 Å². The zero-order chi connectivity index (χ0) is 15.2. The minimum Gasteiger partial charge on any atom is -0.476 e. The van der Waals surface area contributed by atoms with Crippen molar-refractivity contribution in [3.63, 3.8) is 0 Å². The normalized spacial score (nSPS) is 11.0. The highest BCUT2D eigenvalue weighted by atomic mass is 16.6. The summed E-state index contributed by atoms with van der Waals surface area (Å²) in [5, 5.41) is 23.8. The molecular weight excluding hydrogens is 274 g/mol. The Kier molecular flexibility index (Phi) is 4.25. The molecule has 0 bridgehead atoms. The molecule has 2 aromatic carbocycles. The number of nitro groups is 1. The molecule has 0 aliphatic heterocycles. The molecule has 0 spiro atoms. The van der Waals surface area contributed by atoms with Gasteiger partial charge in [0.2, 0.25) is 0 Å². The number of nitrogens with one attached hydrogen (secondary N) is 1. The van der Waals surface area contributed by atoms with Gasteiger partial charge < -0.3 is 5.11 Å². The molecule has 0 unspecified atom stereocenters. The lowest BCUT2D eigenvalue weighted by Crippen LogP contribution is -2.16. The second-order valence-electron chi connectivity index (χ2n) is 4.02. The van der Waals surface area contributed by atoms with Gasteiger partial charge in [0.05, 0.1) is 4.92 Å². The number of anilines is 1. The van der Waals surface area contributed by atoms with Crippen molar-refractivity contribution >= 4 is 23.1 Å². The monoisotopic (exact) mass is 285 g/mol. The van der Waals surface area contributed by atoms with Crippen molar-refractivity contribution in [1.29, 1.82) is 0 Å². The van der Waals surface area contributed by atoms with Gasteiger partial charge in [0, 0.05) is 11.6 Å². The van der Waals surface area contributed by atoms with Gasteiger partial charge in [0.1, 0.15) is 5.69 Å². The number of hydrogen-bond donors (Lipinski definition) is 2. The number of aliphatic carboxylic acids is 1. The zero-order valence-corrected chi connectivity index (χ0v) is 10.8. The third-order valence-electron chi connectivity index (χ3n) is 2.64. The van der Waals surface area contributed by atoms with Gasteiger partial charge in [-0.3, -0.25) is 15.5 Å². The third kappa shape index (κ3) is 3.41. The molecule has 0 saturated carbocycles. The van der Waals surface area contributed by atoms with E-state index in [4.69, 9.17) is 0 Å². The number of hydrogen-bond acceptors (Lipinski definition) is 5. The van der Waals surface area contributed by atoms with Crippen LogP contribution in [0.2, 0.25) is 0 Å². The van der Waals surface area contributed by atoms with Gasteiger partial charge in [-0.05, 0) is 6.07 Å². The van der Waals surface area contributed by atoms with E-state index in [2.05, 4.69) is 10.5 Å². The Bertz CT molecular complexity index is 698. The maximum atomic E-state index is 11.2. The number of benzene rings is 2. The van der Waals surface area contributed by atoms with E-state index in [-0.39, 0.29) is 17.1 Å². The first-order chi connectivity index (χ1) is 10.1. The molecule has 21 heavy (non-hydrogen) atoms. The van der Waals surface area contributed by atoms with Crippen molar-refractivity contribution in [2.24, 2.45) is 5.10 Å². The van der Waals surface area contributed by atoms with Crippen LogP contribution in [0.5, 0.6) is 0 Å². The predicted molar refractivity (Wildman–Crippen MR) is 77.3 cm³/mol. The number of nitro benzene ring substituents is 1. The van der Waals surface area contributed by atoms with Crippen molar-refractivity contribution in [1.82, 2.24) is 0 Å². The van der Waals surface area contributed by atoms with Gasteiger partial charge in [-0.15, -0.1) is 0 Å². The summed E-state index contributed by atoms with van der Waals surface area (Å²) in [4.78, 5) is 21.5. The lowest BCUT2D eigenvalue weighted by atomic mass is 10.1. The molecule has 0 atom stereocenters. The fourth-order valence-electron chi connectivity index (χ4n) is 1.68. The van der Waals surface area contributed by atoms with E-state index >= 15 is 0 Å². The van der Waals surface area contributed by atoms with E-state index in [0.717, 1.165) is 0 Å². The topological polar surface area (TPSA) is 105 Å². The number of rotatable bonds is 5. The van der Waals surface area contributed by atoms with Crippen molar-refractivity contribution in [3.8, 4) is 0 Å². The quantitative estimate of drug-likeness (QED) is 0.499. The van der Waals surface area contributed by atoms with Crippen LogP contribution < -0.4 is 5.43 Å². The largest absolute Gasteiger partial charge is 0.476 e. The standard InChI is InChI=1S/C14H11N3O4/c18-14(19)13(10-6-2-1-3-7-10)16-15-11-8-4-5-9-12(11)17(20)21/h1-9,15H,(H,18,19)/b16-13-. The van der Waals surface area contributed by atoms with Gasteiger partial charge >= 0.3 is 5.97 Å². The smallest absolute Gasteiger partial charge is 0.356 e. The zero-order valence-electron chi connectivity index (χ0n) is 10.8. The Morgan fingerprint density at radius 2 is 1.71 bits per heavy atom. The summed E-state index contributed by atoms with van der Waals surface area (Å²) in [6, 6.07) is 14.2. The van der Waals surface area contributed by atoms with E-state index < -0.39 is 10.9 Å². The Labute approximate surface area is 119 Å². The first-order valence-corrected chi connectivity index (χ1v) is 5.95. The average Bonchev–Trinajstić information content (AvgIpc) is 2.48. The minimum absolute atomic E-state index is 0.122. The summed E-state index contributed by atoms with van der Waals surface area (Å²) < 4.78 is 0. The van der Waals surface area contributed by atoms with E-state index in [1.165, 1.54) is 18.2 Å². The Morgan fingerprint density at radius 3 is 2.33 bits per heavy atom. The van der Waals surface area contributed by atoms with Crippen molar-refractivity contribution in [2.45, 2.75) is 0 Å². The molecule has 2 rings (SSSR count). The van der Waals surface area contributed by atoms with Crippen LogP contribution in [0.1, 0.15) is 5.56 Å². The molecule has 2 aromatic rings. The maximum Gasteiger partial charge on any atom is 0.356 e. The van der Waals surface area contributed by atoms with Crippen LogP contribution in [-0.2, 0) is 4.79 Å². The highest BCUT2D eigenvalue weighted by molar-refractivity contribution is 6.42. The average molecular weight is 285 g/mol. The number of nitrogens with zero attached hydrogens (tertiary/aromatic N) is 2. The number of para-hydroxylation sites is 2. The van der Waals surface area contributed by atoms with Gasteiger partial charge in [0.15, 0.2) is 5.71 Å². The van der Waals surface area contributed by atoms with Crippen LogP contribution in [0.4, 0.5) is 11.4 Å². The Morgan fingerprint density at radius 1 is 1.10 bits per heavy atom. The minimum atomic E-state index is -1.23. The van der Waals surface area contributed by atoms with Crippen LogP contribution >= 0.6 is 0 Å². The summed E-state index contributed by atoms with van der Waals surface area (Å²) in [6.07, 6.45) is 0. The SMILES string of the molecule is O=C(O)/C(=N\Nc1ccccc1[N+](=O)[O-])c1ccccc1. The first-order valence-electron chi connectivity index (χ1n) is 5.95. The van der Waals surface area contributed by atoms with Crippen LogP contribution in [0.15, 0.2) is 59.7 Å². The molecular formula is C14H11N3O4. The number of hydrazone groups is 1. The molecule has 0 aliphatic rings. The lowest BCUT2D eigenvalue weighted by molar-refractivity contribution is -0.384. The summed E-state index contributed by atoms with van der Waals surface area (Å²) >= 11 is 0. The number of carboxylic acid groups (broad SMARTS) is 1. The molecule has 7 nitrogen and oxygen atoms in total. The summed E-state index contributed by atoms with van der Waals surface area (Å²) in [7, 11) is 0. The summed E-state index contributed by atoms with van der Waals surface area (Å²) in [5.41, 5.74) is 2.55. The highest BCUT2D eigenvalue weighted by Gasteiger charge is 2.15. The number of carboxylic acids is 1. The second-order valence-corrected chi connectivity index (χ2v) is 4.02. The molecule has 7 heteroatoms. The van der Waals surface area contributed by atoms with Gasteiger partial charge in [-0.25, -0.2) is 4.79 Å². The maximum absolute atomic E-state index is 11.2. The molecule has 0 heterocycles. The van der Waals surface area contributed by atoms with Crippen molar-refractivity contribution < 1.29 is 14.8 Å². The van der Waals surface area contributed by atoms with Crippen LogP contribution in [0, 0.1) is 10.1 Å². The fourth-order valence-corrected chi connectivity index (χ4v) is 1.68. The summed E-state index contributed by atoms with van der Waals surface area (Å²) in [6.45, 7) is 0. The van der Waals surface area contributed by atoms with E-state index in [1.807, 2.05) is 0 Å². The molecule has 0 saturated heterocycles. The molecule has 2 N–H and O–H groups in total. The molecule has 0 aliphatic carbocycles. The fraction of sp³-hybridized carbons (Fsp3) is 0. The van der Waals surface area contributed by atoms with Gasteiger partial charge in [-0.1, -0.05) is 42.5 Å². The third-order valence-corrected chi connectivity index (χ3v) is 2.64. The molecule has 106 valence electrons. The van der Waals surface area contributed by atoms with E-state index in [9.17, 15) is 20.0 Å². The van der Waals surface area contributed by atoms with Crippen LogP contribution in [0.25, 0.3) is 0 Å². The van der Waals surface area contributed by atoms with E-state index in [1.54, 1.807) is 36.4 Å². The molecule has 0 amide bonds. The molecule has 0 aromatic heterocycles. The Balaban J connectivity index is 2.34. The number of carbonyl (C=O) groups is 1. The first kappa shape index (κ1) is 14.2. The Hall–Kier alpha value is -3.22. The lowest BCUT2D eigenvalue weighted by Gasteiger charge is -2.04. The highest BCUT2D eigenvalue weighted by Crippen LogP contribution is 2.23. The second kappa shape index (κ2) is 6.29. The van der Waals surface area contributed by atoms with Gasteiger partial charge in [0.25, 0.3) is 5.69 Å². The molecule has 0 fully saturated rings. The molecule has 0 radical (unpaired) electrons.